The predicted molar refractivity (Wildman–Crippen MR) is 87.6 cm³/mol. The Morgan fingerprint density at radius 1 is 1.25 bits per heavy atom. The number of aromatic nitrogens is 1. The smallest absolute Gasteiger partial charge is 0.121 e. The first-order chi connectivity index (χ1) is 9.56. The quantitative estimate of drug-likeness (QED) is 0.869. The molecule has 0 amide bonds. The molecule has 0 aliphatic carbocycles. The third kappa shape index (κ3) is 3.01. The molecule has 0 saturated carbocycles. The van der Waals surface area contributed by atoms with Gasteiger partial charge in [-0.3, -0.25) is 0 Å². The maximum atomic E-state index is 5.26. The van der Waals surface area contributed by atoms with Gasteiger partial charge in [0.2, 0.25) is 0 Å². The Kier molecular flexibility index (Phi) is 4.76. The number of anilines is 1. The average molecular weight is 337 g/mol. The van der Waals surface area contributed by atoms with E-state index in [4.69, 9.17) is 4.74 Å². The summed E-state index contributed by atoms with van der Waals surface area (Å²) in [6.07, 6.45) is 0. The molecule has 4 heteroatoms. The van der Waals surface area contributed by atoms with Crippen LogP contribution in [0.3, 0.4) is 0 Å². The highest BCUT2D eigenvalue weighted by Crippen LogP contribution is 2.28. The second-order valence-corrected chi connectivity index (χ2v) is 5.69. The highest BCUT2D eigenvalue weighted by atomic mass is 79.9. The number of benzene rings is 1. The minimum atomic E-state index is 0.811. The summed E-state index contributed by atoms with van der Waals surface area (Å²) in [5, 5.41) is 3.47. The monoisotopic (exact) mass is 336 g/mol. The molecule has 3 nitrogen and oxygen atoms in total. The van der Waals surface area contributed by atoms with E-state index in [0.29, 0.717) is 0 Å². The molecule has 1 aromatic carbocycles. The number of methoxy groups -OCH3 is 1. The van der Waals surface area contributed by atoms with E-state index in [9.17, 15) is 0 Å². The van der Waals surface area contributed by atoms with E-state index >= 15 is 0 Å². The van der Waals surface area contributed by atoms with Gasteiger partial charge in [0, 0.05) is 35.0 Å². The van der Waals surface area contributed by atoms with E-state index < -0.39 is 0 Å². The van der Waals surface area contributed by atoms with Crippen molar-refractivity contribution < 1.29 is 4.74 Å². The van der Waals surface area contributed by atoms with Crippen LogP contribution in [-0.4, -0.2) is 11.7 Å². The SMILES string of the molecule is CCn1c(C)cc(CNc2cc(OC)ccc2Br)c1C. The lowest BCUT2D eigenvalue weighted by atomic mass is 10.2. The van der Waals surface area contributed by atoms with E-state index in [1.54, 1.807) is 7.11 Å². The van der Waals surface area contributed by atoms with Gasteiger partial charge >= 0.3 is 0 Å². The maximum Gasteiger partial charge on any atom is 0.121 e. The normalized spacial score (nSPS) is 10.7. The van der Waals surface area contributed by atoms with Crippen LogP contribution in [0.25, 0.3) is 0 Å². The Balaban J connectivity index is 2.16. The summed E-state index contributed by atoms with van der Waals surface area (Å²) in [6.45, 7) is 8.33. The van der Waals surface area contributed by atoms with Gasteiger partial charge < -0.3 is 14.6 Å². The van der Waals surface area contributed by atoms with E-state index in [1.807, 2.05) is 18.2 Å². The van der Waals surface area contributed by atoms with Crippen molar-refractivity contribution in [3.63, 3.8) is 0 Å². The number of aryl methyl sites for hydroxylation is 1. The Labute approximate surface area is 129 Å². The van der Waals surface area contributed by atoms with Crippen LogP contribution in [0.5, 0.6) is 5.75 Å². The van der Waals surface area contributed by atoms with Crippen molar-refractivity contribution in [2.75, 3.05) is 12.4 Å². The largest absolute Gasteiger partial charge is 0.497 e. The van der Waals surface area contributed by atoms with Gasteiger partial charge in [0.05, 0.1) is 12.8 Å². The first kappa shape index (κ1) is 15.0. The number of hydrogen-bond donors (Lipinski definition) is 1. The maximum absolute atomic E-state index is 5.26. The van der Waals surface area contributed by atoms with Gasteiger partial charge in [-0.15, -0.1) is 0 Å². The summed E-state index contributed by atoms with van der Waals surface area (Å²) in [4.78, 5) is 0. The molecule has 0 saturated heterocycles. The first-order valence-electron chi connectivity index (χ1n) is 6.79. The summed E-state index contributed by atoms with van der Waals surface area (Å²) in [7, 11) is 1.68. The van der Waals surface area contributed by atoms with Crippen molar-refractivity contribution >= 4 is 21.6 Å². The Bertz CT molecular complexity index is 605. The minimum absolute atomic E-state index is 0.811. The lowest BCUT2D eigenvalue weighted by Gasteiger charge is -2.11. The van der Waals surface area contributed by atoms with Crippen LogP contribution >= 0.6 is 15.9 Å². The number of rotatable bonds is 5. The lowest BCUT2D eigenvalue weighted by Crippen LogP contribution is -2.03. The first-order valence-corrected chi connectivity index (χ1v) is 7.59. The van der Waals surface area contributed by atoms with Crippen LogP contribution in [0.4, 0.5) is 5.69 Å². The van der Waals surface area contributed by atoms with E-state index in [2.05, 4.69) is 52.7 Å². The predicted octanol–water partition coefficient (Wildman–Crippen LogP) is 4.51. The summed E-state index contributed by atoms with van der Waals surface area (Å²) in [5.74, 6) is 0.856. The third-order valence-corrected chi connectivity index (χ3v) is 4.33. The summed E-state index contributed by atoms with van der Waals surface area (Å²) < 4.78 is 8.64. The van der Waals surface area contributed by atoms with Gasteiger partial charge in [0.15, 0.2) is 0 Å². The fourth-order valence-electron chi connectivity index (χ4n) is 2.50. The highest BCUT2D eigenvalue weighted by molar-refractivity contribution is 9.10. The van der Waals surface area contributed by atoms with Crippen molar-refractivity contribution in [2.45, 2.75) is 33.9 Å². The van der Waals surface area contributed by atoms with Gasteiger partial charge in [0.1, 0.15) is 5.75 Å². The standard InChI is InChI=1S/C16H21BrN2O/c1-5-19-11(2)8-13(12(19)3)10-18-16-9-14(20-4)6-7-15(16)17/h6-9,18H,5,10H2,1-4H3. The molecule has 108 valence electrons. The number of nitrogens with zero attached hydrogens (tertiary/aromatic N) is 1. The number of hydrogen-bond acceptors (Lipinski definition) is 2. The van der Waals surface area contributed by atoms with E-state index in [0.717, 1.165) is 29.0 Å². The third-order valence-electron chi connectivity index (χ3n) is 3.64. The topological polar surface area (TPSA) is 26.2 Å². The van der Waals surface area contributed by atoms with Crippen molar-refractivity contribution in [1.82, 2.24) is 4.57 Å². The van der Waals surface area contributed by atoms with Crippen molar-refractivity contribution in [2.24, 2.45) is 0 Å². The fourth-order valence-corrected chi connectivity index (χ4v) is 2.88. The van der Waals surface area contributed by atoms with Gasteiger partial charge in [-0.1, -0.05) is 0 Å². The zero-order valence-corrected chi connectivity index (χ0v) is 14.0. The number of nitrogens with one attached hydrogen (secondary N) is 1. The molecule has 2 aromatic rings. The van der Waals surface area contributed by atoms with Crippen LogP contribution in [0, 0.1) is 13.8 Å². The van der Waals surface area contributed by atoms with Gasteiger partial charge in [0.25, 0.3) is 0 Å². The van der Waals surface area contributed by atoms with E-state index in [-0.39, 0.29) is 0 Å². The fraction of sp³-hybridized carbons (Fsp3) is 0.375. The van der Waals surface area contributed by atoms with Crippen LogP contribution in [0.2, 0.25) is 0 Å². The van der Waals surface area contributed by atoms with Gasteiger partial charge in [-0.25, -0.2) is 0 Å². The molecule has 20 heavy (non-hydrogen) atoms. The summed E-state index contributed by atoms with van der Waals surface area (Å²) in [5.41, 5.74) is 5.02. The summed E-state index contributed by atoms with van der Waals surface area (Å²) in [6, 6.07) is 8.19. The molecule has 2 rings (SSSR count). The highest BCUT2D eigenvalue weighted by Gasteiger charge is 2.08. The van der Waals surface area contributed by atoms with Crippen LogP contribution in [0.15, 0.2) is 28.7 Å². The van der Waals surface area contributed by atoms with Crippen molar-refractivity contribution in [1.29, 1.82) is 0 Å². The molecule has 0 radical (unpaired) electrons. The second kappa shape index (κ2) is 6.35. The molecular formula is C16H21BrN2O. The number of halogens is 1. The molecular weight excluding hydrogens is 316 g/mol. The van der Waals surface area contributed by atoms with E-state index in [1.165, 1.54) is 17.0 Å². The van der Waals surface area contributed by atoms with Gasteiger partial charge in [-0.05, 0) is 60.5 Å². The molecule has 0 unspecified atom stereocenters. The van der Waals surface area contributed by atoms with Crippen molar-refractivity contribution in [3.05, 3.63) is 45.7 Å². The Morgan fingerprint density at radius 2 is 2.00 bits per heavy atom. The molecule has 1 N–H and O–H groups in total. The zero-order valence-electron chi connectivity index (χ0n) is 12.5. The molecule has 0 fully saturated rings. The molecule has 0 bridgehead atoms. The molecule has 0 spiro atoms. The molecule has 1 aromatic heterocycles. The lowest BCUT2D eigenvalue weighted by molar-refractivity contribution is 0.415. The Morgan fingerprint density at radius 3 is 2.60 bits per heavy atom. The molecule has 0 atom stereocenters. The Hall–Kier alpha value is -1.42. The second-order valence-electron chi connectivity index (χ2n) is 4.84. The molecule has 1 heterocycles. The zero-order chi connectivity index (χ0) is 14.7. The molecule has 0 aliphatic heterocycles. The van der Waals surface area contributed by atoms with Crippen LogP contribution in [0.1, 0.15) is 23.9 Å². The van der Waals surface area contributed by atoms with Crippen LogP contribution in [-0.2, 0) is 13.1 Å². The van der Waals surface area contributed by atoms with Crippen LogP contribution < -0.4 is 10.1 Å². The number of ether oxygens (including phenoxy) is 1. The molecule has 0 aliphatic rings. The minimum Gasteiger partial charge on any atom is -0.497 e. The van der Waals surface area contributed by atoms with Crippen molar-refractivity contribution in [3.8, 4) is 5.75 Å². The van der Waals surface area contributed by atoms with Gasteiger partial charge in [-0.2, -0.15) is 0 Å². The average Bonchev–Trinajstić information content (AvgIpc) is 2.72. The summed E-state index contributed by atoms with van der Waals surface area (Å²) >= 11 is 3.56.